The second kappa shape index (κ2) is 9.03. The zero-order chi connectivity index (χ0) is 20.8. The SMILES string of the molecule is C/C(=C\c1ccc(OC(F)F)c(C(F)F)c1)C(=O)Nc1ccccc1C(=O)O. The molecule has 0 aliphatic carbocycles. The van der Waals surface area contributed by atoms with Crippen molar-refractivity contribution in [1.29, 1.82) is 0 Å². The molecule has 0 radical (unpaired) electrons. The van der Waals surface area contributed by atoms with Gasteiger partial charge in [-0.15, -0.1) is 0 Å². The van der Waals surface area contributed by atoms with E-state index in [9.17, 15) is 27.2 Å². The second-order valence-electron chi connectivity index (χ2n) is 5.61. The van der Waals surface area contributed by atoms with E-state index in [2.05, 4.69) is 10.1 Å². The minimum Gasteiger partial charge on any atom is -0.478 e. The van der Waals surface area contributed by atoms with Gasteiger partial charge in [-0.25, -0.2) is 13.6 Å². The molecule has 5 nitrogen and oxygen atoms in total. The quantitative estimate of drug-likeness (QED) is 0.511. The van der Waals surface area contributed by atoms with Gasteiger partial charge in [0.2, 0.25) is 0 Å². The first-order valence-electron chi connectivity index (χ1n) is 7.88. The molecule has 2 rings (SSSR count). The lowest BCUT2D eigenvalue weighted by atomic mass is 10.1. The van der Waals surface area contributed by atoms with Crippen LogP contribution < -0.4 is 10.1 Å². The van der Waals surface area contributed by atoms with E-state index in [0.717, 1.165) is 12.1 Å². The van der Waals surface area contributed by atoms with Crippen LogP contribution in [0.5, 0.6) is 5.75 Å². The van der Waals surface area contributed by atoms with Crippen molar-refractivity contribution in [2.45, 2.75) is 20.0 Å². The Kier molecular flexibility index (Phi) is 6.75. The highest BCUT2D eigenvalue weighted by molar-refractivity contribution is 6.09. The first-order valence-corrected chi connectivity index (χ1v) is 7.88. The Bertz CT molecular complexity index is 913. The first kappa shape index (κ1) is 20.9. The van der Waals surface area contributed by atoms with Crippen LogP contribution in [-0.4, -0.2) is 23.6 Å². The van der Waals surface area contributed by atoms with E-state index in [-0.39, 0.29) is 22.4 Å². The third kappa shape index (κ3) is 5.32. The number of carboxylic acid groups (broad SMARTS) is 1. The van der Waals surface area contributed by atoms with E-state index < -0.39 is 36.2 Å². The van der Waals surface area contributed by atoms with Gasteiger partial charge in [0.05, 0.1) is 16.8 Å². The molecule has 0 atom stereocenters. The van der Waals surface area contributed by atoms with Crippen LogP contribution in [0.2, 0.25) is 0 Å². The molecule has 0 saturated heterocycles. The molecule has 0 spiro atoms. The highest BCUT2D eigenvalue weighted by Crippen LogP contribution is 2.31. The molecule has 0 aromatic heterocycles. The number of hydrogen-bond acceptors (Lipinski definition) is 3. The molecule has 0 heterocycles. The highest BCUT2D eigenvalue weighted by Gasteiger charge is 2.18. The van der Waals surface area contributed by atoms with Gasteiger partial charge in [-0.3, -0.25) is 4.79 Å². The monoisotopic (exact) mass is 397 g/mol. The summed E-state index contributed by atoms with van der Waals surface area (Å²) in [7, 11) is 0. The number of alkyl halides is 4. The zero-order valence-electron chi connectivity index (χ0n) is 14.5. The maximum Gasteiger partial charge on any atom is 0.387 e. The Hall–Kier alpha value is -3.36. The van der Waals surface area contributed by atoms with Gasteiger partial charge in [-0.05, 0) is 42.8 Å². The number of halogens is 4. The van der Waals surface area contributed by atoms with Gasteiger partial charge in [0.1, 0.15) is 5.75 Å². The van der Waals surface area contributed by atoms with Crippen LogP contribution in [-0.2, 0) is 4.79 Å². The summed E-state index contributed by atoms with van der Waals surface area (Å²) in [5.74, 6) is -2.53. The number of para-hydroxylation sites is 1. The average molecular weight is 397 g/mol. The number of amides is 1. The molecule has 1 amide bonds. The van der Waals surface area contributed by atoms with E-state index in [1.165, 1.54) is 43.3 Å². The molecule has 0 saturated carbocycles. The molecule has 9 heteroatoms. The molecule has 0 aliphatic heterocycles. The second-order valence-corrected chi connectivity index (χ2v) is 5.61. The average Bonchev–Trinajstić information content (AvgIpc) is 2.62. The van der Waals surface area contributed by atoms with Crippen molar-refractivity contribution in [3.8, 4) is 5.75 Å². The molecule has 148 valence electrons. The fourth-order valence-electron chi connectivity index (χ4n) is 2.35. The number of carbonyl (C=O) groups excluding carboxylic acids is 1. The Labute approximate surface area is 157 Å². The van der Waals surface area contributed by atoms with Crippen molar-refractivity contribution in [3.63, 3.8) is 0 Å². The molecule has 0 bridgehead atoms. The standard InChI is InChI=1S/C19H15F4NO4/c1-10(17(25)24-14-5-3-2-4-12(14)18(26)27)8-11-6-7-15(28-19(22)23)13(9-11)16(20)21/h2-9,16,19H,1H3,(H,24,25)(H,26,27)/b10-8+. The number of ether oxygens (including phenoxy) is 1. The molecule has 0 unspecified atom stereocenters. The van der Waals surface area contributed by atoms with Crippen LogP contribution in [0.15, 0.2) is 48.0 Å². The van der Waals surface area contributed by atoms with E-state index in [0.29, 0.717) is 0 Å². The minimum absolute atomic E-state index is 0.0710. The molecule has 2 aromatic carbocycles. The van der Waals surface area contributed by atoms with Gasteiger partial charge in [-0.1, -0.05) is 18.2 Å². The predicted molar refractivity (Wildman–Crippen MR) is 93.7 cm³/mol. The highest BCUT2D eigenvalue weighted by atomic mass is 19.3. The van der Waals surface area contributed by atoms with Crippen LogP contribution in [0.25, 0.3) is 6.08 Å². The summed E-state index contributed by atoms with van der Waals surface area (Å²) < 4.78 is 54.8. The largest absolute Gasteiger partial charge is 0.478 e. The third-order valence-corrected chi connectivity index (χ3v) is 3.63. The van der Waals surface area contributed by atoms with Crippen LogP contribution >= 0.6 is 0 Å². The Morgan fingerprint density at radius 1 is 1.11 bits per heavy atom. The van der Waals surface area contributed by atoms with Crippen molar-refractivity contribution in [3.05, 3.63) is 64.7 Å². The fraction of sp³-hybridized carbons (Fsp3) is 0.158. The zero-order valence-corrected chi connectivity index (χ0v) is 14.5. The van der Waals surface area contributed by atoms with Crippen LogP contribution in [0.4, 0.5) is 23.2 Å². The van der Waals surface area contributed by atoms with Crippen molar-refractivity contribution < 1.29 is 37.0 Å². The van der Waals surface area contributed by atoms with E-state index >= 15 is 0 Å². The summed E-state index contributed by atoms with van der Waals surface area (Å²) in [6, 6.07) is 8.89. The van der Waals surface area contributed by atoms with Crippen LogP contribution in [0.3, 0.4) is 0 Å². The number of anilines is 1. The number of carboxylic acids is 1. The number of benzene rings is 2. The number of aromatic carboxylic acids is 1. The van der Waals surface area contributed by atoms with Gasteiger partial charge in [0.25, 0.3) is 12.3 Å². The first-order chi connectivity index (χ1) is 13.2. The van der Waals surface area contributed by atoms with Gasteiger partial charge in [0, 0.05) is 5.57 Å². The number of hydrogen-bond donors (Lipinski definition) is 2. The third-order valence-electron chi connectivity index (χ3n) is 3.63. The molecule has 0 fully saturated rings. The lowest BCUT2D eigenvalue weighted by molar-refractivity contribution is -0.112. The molecular weight excluding hydrogens is 382 g/mol. The molecule has 2 aromatic rings. The number of carbonyl (C=O) groups is 2. The fourth-order valence-corrected chi connectivity index (χ4v) is 2.35. The summed E-state index contributed by atoms with van der Waals surface area (Å²) in [4.78, 5) is 23.5. The Balaban J connectivity index is 2.26. The predicted octanol–water partition coefficient (Wildman–Crippen LogP) is 4.97. The minimum atomic E-state index is -3.25. The lowest BCUT2D eigenvalue weighted by Gasteiger charge is -2.11. The summed E-state index contributed by atoms with van der Waals surface area (Å²) in [6.45, 7) is -1.86. The summed E-state index contributed by atoms with van der Waals surface area (Å²) in [6.07, 6.45) is -1.80. The van der Waals surface area contributed by atoms with Crippen molar-refractivity contribution in [2.75, 3.05) is 5.32 Å². The molecular formula is C19H15F4NO4. The molecule has 2 N–H and O–H groups in total. The normalized spacial score (nSPS) is 11.6. The van der Waals surface area contributed by atoms with Crippen LogP contribution in [0.1, 0.15) is 34.8 Å². The van der Waals surface area contributed by atoms with E-state index in [1.807, 2.05) is 0 Å². The topological polar surface area (TPSA) is 75.6 Å². The van der Waals surface area contributed by atoms with E-state index in [1.54, 1.807) is 0 Å². The van der Waals surface area contributed by atoms with Crippen LogP contribution in [0, 0.1) is 0 Å². The van der Waals surface area contributed by atoms with Gasteiger partial charge >= 0.3 is 12.6 Å². The summed E-state index contributed by atoms with van der Waals surface area (Å²) in [5.41, 5.74) is -0.531. The number of rotatable bonds is 7. The maximum atomic E-state index is 13.1. The van der Waals surface area contributed by atoms with Gasteiger partial charge < -0.3 is 15.2 Å². The Morgan fingerprint density at radius 3 is 2.39 bits per heavy atom. The molecule has 28 heavy (non-hydrogen) atoms. The lowest BCUT2D eigenvalue weighted by Crippen LogP contribution is -2.15. The molecule has 0 aliphatic rings. The van der Waals surface area contributed by atoms with Gasteiger partial charge in [0.15, 0.2) is 0 Å². The van der Waals surface area contributed by atoms with Crippen molar-refractivity contribution in [1.82, 2.24) is 0 Å². The van der Waals surface area contributed by atoms with Gasteiger partial charge in [-0.2, -0.15) is 8.78 Å². The maximum absolute atomic E-state index is 13.1. The van der Waals surface area contributed by atoms with Crippen molar-refractivity contribution in [2.24, 2.45) is 0 Å². The summed E-state index contributed by atoms with van der Waals surface area (Å²) >= 11 is 0. The van der Waals surface area contributed by atoms with Crippen molar-refractivity contribution >= 4 is 23.6 Å². The smallest absolute Gasteiger partial charge is 0.387 e. The Morgan fingerprint density at radius 2 is 1.79 bits per heavy atom. The summed E-state index contributed by atoms with van der Waals surface area (Å²) in [5, 5.41) is 11.5. The van der Waals surface area contributed by atoms with E-state index in [4.69, 9.17) is 5.11 Å². The number of nitrogens with one attached hydrogen (secondary N) is 1.